The van der Waals surface area contributed by atoms with Crippen molar-refractivity contribution in [3.05, 3.63) is 95.6 Å². The van der Waals surface area contributed by atoms with E-state index in [0.717, 1.165) is 30.5 Å². The number of rotatable bonds is 5. The fraction of sp³-hybridized carbons (Fsp3) is 0.296. The molecule has 0 saturated carbocycles. The molecule has 6 heteroatoms. The van der Waals surface area contributed by atoms with E-state index in [1.54, 1.807) is 39.5 Å². The SMILES string of the molecule is O=C(c1ccccc1)N1CCc2cc(S(=O)(=O)N3CCC(Cc4ccccc4)CC3)ccc21. The number of amides is 1. The lowest BCUT2D eigenvalue weighted by atomic mass is 9.91. The molecule has 3 aromatic rings. The van der Waals surface area contributed by atoms with Crippen molar-refractivity contribution in [3.63, 3.8) is 0 Å². The minimum absolute atomic E-state index is 0.0505. The molecular formula is C27H28N2O3S. The van der Waals surface area contributed by atoms with Crippen LogP contribution in [0.2, 0.25) is 0 Å². The van der Waals surface area contributed by atoms with Gasteiger partial charge >= 0.3 is 0 Å². The zero-order valence-corrected chi connectivity index (χ0v) is 19.4. The minimum Gasteiger partial charge on any atom is -0.308 e. The van der Waals surface area contributed by atoms with E-state index in [4.69, 9.17) is 0 Å². The molecule has 1 fully saturated rings. The van der Waals surface area contributed by atoms with Crippen molar-refractivity contribution in [3.8, 4) is 0 Å². The minimum atomic E-state index is -3.54. The molecule has 2 aliphatic heterocycles. The van der Waals surface area contributed by atoms with Gasteiger partial charge in [-0.05, 0) is 73.1 Å². The highest BCUT2D eigenvalue weighted by Crippen LogP contribution is 2.33. The van der Waals surface area contributed by atoms with Crippen LogP contribution in [0, 0.1) is 5.92 Å². The summed E-state index contributed by atoms with van der Waals surface area (Å²) in [5, 5.41) is 0. The smallest absolute Gasteiger partial charge is 0.258 e. The van der Waals surface area contributed by atoms with E-state index >= 15 is 0 Å². The van der Waals surface area contributed by atoms with Gasteiger partial charge in [-0.1, -0.05) is 48.5 Å². The third-order valence-corrected chi connectivity index (χ3v) is 8.69. The van der Waals surface area contributed by atoms with Gasteiger partial charge in [0.05, 0.1) is 4.90 Å². The first-order chi connectivity index (χ1) is 16.0. The van der Waals surface area contributed by atoms with Crippen molar-refractivity contribution < 1.29 is 13.2 Å². The van der Waals surface area contributed by atoms with Crippen LogP contribution in [0.25, 0.3) is 0 Å². The zero-order valence-electron chi connectivity index (χ0n) is 18.6. The van der Waals surface area contributed by atoms with Crippen LogP contribution in [0.3, 0.4) is 0 Å². The molecule has 0 radical (unpaired) electrons. The molecule has 33 heavy (non-hydrogen) atoms. The lowest BCUT2D eigenvalue weighted by Gasteiger charge is -2.31. The quantitative estimate of drug-likeness (QED) is 0.562. The molecule has 0 aliphatic carbocycles. The first-order valence-electron chi connectivity index (χ1n) is 11.6. The maximum absolute atomic E-state index is 13.3. The Kier molecular flexibility index (Phi) is 6.04. The number of fused-ring (bicyclic) bond motifs is 1. The van der Waals surface area contributed by atoms with Gasteiger partial charge in [-0.2, -0.15) is 4.31 Å². The van der Waals surface area contributed by atoms with Crippen molar-refractivity contribution in [2.45, 2.75) is 30.6 Å². The van der Waals surface area contributed by atoms with E-state index in [2.05, 4.69) is 24.3 Å². The van der Waals surface area contributed by atoms with Crippen LogP contribution in [-0.4, -0.2) is 38.3 Å². The number of nitrogens with zero attached hydrogens (tertiary/aromatic N) is 2. The van der Waals surface area contributed by atoms with Crippen molar-refractivity contribution in [2.75, 3.05) is 24.5 Å². The molecule has 5 rings (SSSR count). The van der Waals surface area contributed by atoms with Gasteiger partial charge in [0, 0.05) is 30.9 Å². The lowest BCUT2D eigenvalue weighted by Crippen LogP contribution is -2.38. The summed E-state index contributed by atoms with van der Waals surface area (Å²) >= 11 is 0. The van der Waals surface area contributed by atoms with Crippen LogP contribution in [0.4, 0.5) is 5.69 Å². The number of hydrogen-bond donors (Lipinski definition) is 0. The van der Waals surface area contributed by atoms with Gasteiger partial charge in [0.15, 0.2) is 0 Å². The first-order valence-corrected chi connectivity index (χ1v) is 13.0. The largest absolute Gasteiger partial charge is 0.308 e. The van der Waals surface area contributed by atoms with Crippen molar-refractivity contribution in [1.29, 1.82) is 0 Å². The fourth-order valence-corrected chi connectivity index (χ4v) is 6.46. The van der Waals surface area contributed by atoms with Crippen LogP contribution in [0.5, 0.6) is 0 Å². The second-order valence-electron chi connectivity index (χ2n) is 8.90. The molecule has 1 amide bonds. The van der Waals surface area contributed by atoms with Crippen LogP contribution in [0.1, 0.15) is 34.3 Å². The molecule has 0 aromatic heterocycles. The molecule has 0 N–H and O–H groups in total. The maximum Gasteiger partial charge on any atom is 0.258 e. The molecule has 0 spiro atoms. The molecule has 3 aromatic carbocycles. The summed E-state index contributed by atoms with van der Waals surface area (Å²) in [6, 6.07) is 24.8. The molecule has 0 unspecified atom stereocenters. The topological polar surface area (TPSA) is 57.7 Å². The third-order valence-electron chi connectivity index (χ3n) is 6.79. The Morgan fingerprint density at radius 3 is 2.21 bits per heavy atom. The number of benzene rings is 3. The van der Waals surface area contributed by atoms with Crippen LogP contribution >= 0.6 is 0 Å². The number of carbonyl (C=O) groups excluding carboxylic acids is 1. The molecule has 2 heterocycles. The Labute approximate surface area is 195 Å². The van der Waals surface area contributed by atoms with Gasteiger partial charge in [-0.25, -0.2) is 8.42 Å². The summed E-state index contributed by atoms with van der Waals surface area (Å²) in [5.74, 6) is 0.460. The summed E-state index contributed by atoms with van der Waals surface area (Å²) in [5.41, 5.74) is 3.68. The Balaban J connectivity index is 1.28. The van der Waals surface area contributed by atoms with Gasteiger partial charge < -0.3 is 4.90 Å². The number of hydrogen-bond acceptors (Lipinski definition) is 3. The Morgan fingerprint density at radius 2 is 1.52 bits per heavy atom. The highest BCUT2D eigenvalue weighted by molar-refractivity contribution is 7.89. The number of sulfonamides is 1. The van der Waals surface area contributed by atoms with Gasteiger partial charge in [0.2, 0.25) is 10.0 Å². The Morgan fingerprint density at radius 1 is 0.848 bits per heavy atom. The summed E-state index contributed by atoms with van der Waals surface area (Å²) in [7, 11) is -3.54. The Hall–Kier alpha value is -2.96. The summed E-state index contributed by atoms with van der Waals surface area (Å²) in [6.45, 7) is 1.67. The molecule has 1 saturated heterocycles. The average molecular weight is 461 g/mol. The molecule has 5 nitrogen and oxygen atoms in total. The predicted octanol–water partition coefficient (Wildman–Crippen LogP) is 4.53. The van der Waals surface area contributed by atoms with E-state index in [1.165, 1.54) is 5.56 Å². The molecular weight excluding hydrogens is 432 g/mol. The van der Waals surface area contributed by atoms with Crippen LogP contribution in [0.15, 0.2) is 83.8 Å². The molecule has 2 aliphatic rings. The second-order valence-corrected chi connectivity index (χ2v) is 10.8. The van der Waals surface area contributed by atoms with Crippen LogP contribution < -0.4 is 4.90 Å². The van der Waals surface area contributed by atoms with E-state index in [0.29, 0.717) is 42.4 Å². The van der Waals surface area contributed by atoms with Crippen molar-refractivity contribution in [2.24, 2.45) is 5.92 Å². The van der Waals surface area contributed by atoms with E-state index < -0.39 is 10.0 Å². The lowest BCUT2D eigenvalue weighted by molar-refractivity contribution is 0.0989. The third kappa shape index (κ3) is 4.45. The predicted molar refractivity (Wildman–Crippen MR) is 130 cm³/mol. The fourth-order valence-electron chi connectivity index (χ4n) is 4.94. The van der Waals surface area contributed by atoms with Gasteiger partial charge in [-0.15, -0.1) is 0 Å². The van der Waals surface area contributed by atoms with Gasteiger partial charge in [-0.3, -0.25) is 4.79 Å². The van der Waals surface area contributed by atoms with E-state index in [-0.39, 0.29) is 5.91 Å². The highest BCUT2D eigenvalue weighted by atomic mass is 32.2. The normalized spacial score (nSPS) is 17.2. The second kappa shape index (κ2) is 9.12. The number of carbonyl (C=O) groups is 1. The van der Waals surface area contributed by atoms with Gasteiger partial charge in [0.25, 0.3) is 5.91 Å². The number of piperidine rings is 1. The summed E-state index contributed by atoms with van der Waals surface area (Å²) in [6.07, 6.45) is 3.41. The first kappa shape index (κ1) is 21.9. The highest BCUT2D eigenvalue weighted by Gasteiger charge is 2.32. The monoisotopic (exact) mass is 460 g/mol. The molecule has 0 atom stereocenters. The Bertz CT molecular complexity index is 1230. The van der Waals surface area contributed by atoms with E-state index in [1.807, 2.05) is 24.3 Å². The zero-order chi connectivity index (χ0) is 22.8. The number of anilines is 1. The average Bonchev–Trinajstić information content (AvgIpc) is 3.28. The summed E-state index contributed by atoms with van der Waals surface area (Å²) in [4.78, 5) is 15.0. The van der Waals surface area contributed by atoms with Gasteiger partial charge in [0.1, 0.15) is 0 Å². The standard InChI is InChI=1S/C27H28N2O3S/c30-27(23-9-5-2-6-10-23)29-18-15-24-20-25(11-12-26(24)29)33(31,32)28-16-13-22(14-17-28)19-21-7-3-1-4-8-21/h1-12,20,22H,13-19H2. The van der Waals surface area contributed by atoms with Crippen molar-refractivity contribution in [1.82, 2.24) is 4.31 Å². The molecule has 0 bridgehead atoms. The molecule has 170 valence electrons. The maximum atomic E-state index is 13.3. The van der Waals surface area contributed by atoms with Crippen LogP contribution in [-0.2, 0) is 22.9 Å². The van der Waals surface area contributed by atoms with Crippen molar-refractivity contribution >= 4 is 21.6 Å². The summed E-state index contributed by atoms with van der Waals surface area (Å²) < 4.78 is 28.3. The van der Waals surface area contributed by atoms with E-state index in [9.17, 15) is 13.2 Å².